The van der Waals surface area contributed by atoms with E-state index in [9.17, 15) is 9.59 Å². The quantitative estimate of drug-likeness (QED) is 0.498. The van der Waals surface area contributed by atoms with E-state index in [2.05, 4.69) is 25.5 Å². The van der Waals surface area contributed by atoms with Gasteiger partial charge in [-0.1, -0.05) is 48.5 Å². The number of amides is 2. The zero-order valence-electron chi connectivity index (χ0n) is 20.5. The summed E-state index contributed by atoms with van der Waals surface area (Å²) in [5.41, 5.74) is 4.58. The van der Waals surface area contributed by atoms with Gasteiger partial charge in [0.2, 0.25) is 11.8 Å². The van der Waals surface area contributed by atoms with Crippen molar-refractivity contribution in [1.29, 1.82) is 0 Å². The minimum absolute atomic E-state index is 0.00784. The van der Waals surface area contributed by atoms with Crippen LogP contribution in [0.5, 0.6) is 0 Å². The summed E-state index contributed by atoms with van der Waals surface area (Å²) in [6.45, 7) is 8.89. The maximum absolute atomic E-state index is 12.7. The predicted molar refractivity (Wildman–Crippen MR) is 137 cm³/mol. The molecule has 0 bridgehead atoms. The van der Waals surface area contributed by atoms with Gasteiger partial charge in [0.1, 0.15) is 0 Å². The van der Waals surface area contributed by atoms with Crippen molar-refractivity contribution in [1.82, 2.24) is 24.9 Å². The number of piperazine rings is 1. The molecule has 1 aromatic heterocycles. The van der Waals surface area contributed by atoms with Crippen molar-refractivity contribution in [3.8, 4) is 5.69 Å². The monoisotopic (exact) mass is 474 g/mol. The molecule has 1 saturated heterocycles. The van der Waals surface area contributed by atoms with E-state index < -0.39 is 0 Å². The third-order valence-corrected chi connectivity index (χ3v) is 6.38. The van der Waals surface area contributed by atoms with Gasteiger partial charge in [-0.05, 0) is 31.5 Å². The van der Waals surface area contributed by atoms with Crippen LogP contribution in [-0.4, -0.2) is 70.7 Å². The number of hydrogen-bond acceptors (Lipinski definition) is 5. The van der Waals surface area contributed by atoms with Crippen molar-refractivity contribution >= 4 is 17.5 Å². The number of rotatable bonds is 9. The number of para-hydroxylation sites is 1. The minimum Gasteiger partial charge on any atom is -0.351 e. The van der Waals surface area contributed by atoms with Gasteiger partial charge < -0.3 is 15.5 Å². The van der Waals surface area contributed by atoms with E-state index in [1.165, 1.54) is 0 Å². The Bertz CT molecular complexity index is 1120. The van der Waals surface area contributed by atoms with Crippen molar-refractivity contribution in [3.63, 3.8) is 0 Å². The average Bonchev–Trinajstić information content (AvgIpc) is 3.16. The van der Waals surface area contributed by atoms with Gasteiger partial charge in [-0.3, -0.25) is 14.5 Å². The molecule has 1 aliphatic rings. The molecule has 1 fully saturated rings. The molecule has 1 aliphatic heterocycles. The first kappa shape index (κ1) is 24.6. The van der Waals surface area contributed by atoms with Crippen LogP contribution < -0.4 is 10.6 Å². The topological polar surface area (TPSA) is 82.5 Å². The lowest BCUT2D eigenvalue weighted by Crippen LogP contribution is -2.49. The Morgan fingerprint density at radius 1 is 0.857 bits per heavy atom. The molecule has 2 N–H and O–H groups in total. The van der Waals surface area contributed by atoms with Gasteiger partial charge in [-0.15, -0.1) is 0 Å². The van der Waals surface area contributed by atoms with Gasteiger partial charge in [0, 0.05) is 45.7 Å². The summed E-state index contributed by atoms with van der Waals surface area (Å²) >= 11 is 0. The Balaban J connectivity index is 1.18. The molecule has 0 atom stereocenters. The lowest BCUT2D eigenvalue weighted by atomic mass is 10.2. The van der Waals surface area contributed by atoms with Crippen LogP contribution in [0.15, 0.2) is 60.7 Å². The van der Waals surface area contributed by atoms with Crippen LogP contribution in [0.1, 0.15) is 23.4 Å². The molecular formula is C27H34N6O2. The largest absolute Gasteiger partial charge is 0.351 e. The van der Waals surface area contributed by atoms with Gasteiger partial charge in [0.25, 0.3) is 0 Å². The molecule has 8 heteroatoms. The number of aromatic nitrogens is 2. The highest BCUT2D eigenvalue weighted by molar-refractivity contribution is 5.92. The third-order valence-electron chi connectivity index (χ3n) is 6.38. The van der Waals surface area contributed by atoms with Gasteiger partial charge in [-0.25, -0.2) is 4.68 Å². The Labute approximate surface area is 206 Å². The highest BCUT2D eigenvalue weighted by atomic mass is 16.2. The number of nitrogens with zero attached hydrogens (tertiary/aromatic N) is 4. The predicted octanol–water partition coefficient (Wildman–Crippen LogP) is 2.75. The Hall–Kier alpha value is -3.49. The fourth-order valence-electron chi connectivity index (χ4n) is 4.33. The highest BCUT2D eigenvalue weighted by Crippen LogP contribution is 2.23. The van der Waals surface area contributed by atoms with Crippen molar-refractivity contribution in [2.24, 2.45) is 0 Å². The maximum Gasteiger partial charge on any atom is 0.234 e. The molecule has 8 nitrogen and oxygen atoms in total. The lowest BCUT2D eigenvalue weighted by Gasteiger charge is -2.34. The number of aryl methyl sites for hydroxylation is 1. The minimum atomic E-state index is -0.00784. The van der Waals surface area contributed by atoms with Crippen molar-refractivity contribution in [3.05, 3.63) is 77.6 Å². The van der Waals surface area contributed by atoms with Crippen LogP contribution in [0.4, 0.5) is 5.69 Å². The van der Waals surface area contributed by atoms with Gasteiger partial charge >= 0.3 is 0 Å². The summed E-state index contributed by atoms with van der Waals surface area (Å²) in [7, 11) is 0. The molecule has 0 aliphatic carbocycles. The first-order valence-electron chi connectivity index (χ1n) is 12.2. The third kappa shape index (κ3) is 6.77. The molecule has 0 unspecified atom stereocenters. The number of hydrogen-bond donors (Lipinski definition) is 2. The maximum atomic E-state index is 12.7. The van der Waals surface area contributed by atoms with Crippen LogP contribution in [0.2, 0.25) is 0 Å². The molecular weight excluding hydrogens is 440 g/mol. The van der Waals surface area contributed by atoms with Gasteiger partial charge in [-0.2, -0.15) is 5.10 Å². The normalized spacial score (nSPS) is 14.6. The van der Waals surface area contributed by atoms with Crippen molar-refractivity contribution in [2.45, 2.75) is 26.8 Å². The number of carbonyl (C=O) groups is 2. The molecule has 2 heterocycles. The molecule has 184 valence electrons. The SMILES string of the molecule is Cc1nn(-c2ccccc2)c(C)c1NC(=O)CCN1CCN(CC(=O)NCc2ccccc2)CC1. The second kappa shape index (κ2) is 11.8. The number of anilines is 1. The first-order chi connectivity index (χ1) is 17.0. The second-order valence-electron chi connectivity index (χ2n) is 8.97. The van der Waals surface area contributed by atoms with E-state index in [4.69, 9.17) is 0 Å². The molecule has 0 spiro atoms. The van der Waals surface area contributed by atoms with E-state index in [0.717, 1.165) is 54.5 Å². The van der Waals surface area contributed by atoms with Crippen LogP contribution in [0, 0.1) is 13.8 Å². The highest BCUT2D eigenvalue weighted by Gasteiger charge is 2.20. The summed E-state index contributed by atoms with van der Waals surface area (Å²) in [6, 6.07) is 19.8. The van der Waals surface area contributed by atoms with Gasteiger partial charge in [0.05, 0.1) is 29.3 Å². The molecule has 2 aromatic carbocycles. The standard InChI is InChI=1S/C27H34N6O2/c1-21-27(22(2)33(30-21)24-11-7-4-8-12-24)29-25(34)13-14-31-15-17-32(18-16-31)20-26(35)28-19-23-9-5-3-6-10-23/h3-12H,13-20H2,1-2H3,(H,28,35)(H,29,34). The van der Waals surface area contributed by atoms with Crippen LogP contribution >= 0.6 is 0 Å². The van der Waals surface area contributed by atoms with E-state index in [0.29, 0.717) is 26.1 Å². The van der Waals surface area contributed by atoms with E-state index in [-0.39, 0.29) is 11.8 Å². The molecule has 0 radical (unpaired) electrons. The summed E-state index contributed by atoms with van der Waals surface area (Å²) in [4.78, 5) is 29.4. The average molecular weight is 475 g/mol. The first-order valence-corrected chi connectivity index (χ1v) is 12.2. The van der Waals surface area contributed by atoms with Gasteiger partial charge in [0.15, 0.2) is 0 Å². The molecule has 2 amide bonds. The molecule has 4 rings (SSSR count). The lowest BCUT2D eigenvalue weighted by molar-refractivity contribution is -0.122. The molecule has 0 saturated carbocycles. The summed E-state index contributed by atoms with van der Waals surface area (Å²) in [5, 5.41) is 10.6. The Kier molecular flexibility index (Phi) is 8.28. The van der Waals surface area contributed by atoms with Crippen molar-refractivity contribution in [2.75, 3.05) is 44.6 Å². The van der Waals surface area contributed by atoms with Crippen LogP contribution in [0.25, 0.3) is 5.69 Å². The summed E-state index contributed by atoms with van der Waals surface area (Å²) < 4.78 is 1.86. The molecule has 35 heavy (non-hydrogen) atoms. The van der Waals surface area contributed by atoms with Crippen molar-refractivity contribution < 1.29 is 9.59 Å². The smallest absolute Gasteiger partial charge is 0.234 e. The molecule has 3 aromatic rings. The Morgan fingerprint density at radius 3 is 2.17 bits per heavy atom. The number of nitrogens with one attached hydrogen (secondary N) is 2. The summed E-state index contributed by atoms with van der Waals surface area (Å²) in [6.07, 6.45) is 0.424. The Morgan fingerprint density at radius 2 is 1.49 bits per heavy atom. The summed E-state index contributed by atoms with van der Waals surface area (Å²) in [5.74, 6) is 0.0370. The fourth-order valence-corrected chi connectivity index (χ4v) is 4.33. The van der Waals surface area contributed by atoms with E-state index >= 15 is 0 Å². The fraction of sp³-hybridized carbons (Fsp3) is 0.370. The van der Waals surface area contributed by atoms with E-state index in [1.54, 1.807) is 0 Å². The number of carbonyl (C=O) groups excluding carboxylic acids is 2. The van der Waals surface area contributed by atoms with E-state index in [1.807, 2.05) is 79.2 Å². The zero-order chi connectivity index (χ0) is 24.6. The zero-order valence-corrected chi connectivity index (χ0v) is 20.5. The second-order valence-corrected chi connectivity index (χ2v) is 8.97. The van der Waals surface area contributed by atoms with Crippen LogP contribution in [-0.2, 0) is 16.1 Å². The number of benzene rings is 2. The van der Waals surface area contributed by atoms with Crippen LogP contribution in [0.3, 0.4) is 0 Å².